The van der Waals surface area contributed by atoms with Crippen molar-refractivity contribution in [2.75, 3.05) is 5.32 Å². The van der Waals surface area contributed by atoms with E-state index in [1.54, 1.807) is 4.90 Å². The fourth-order valence-electron chi connectivity index (χ4n) is 6.96. The second-order valence-electron chi connectivity index (χ2n) is 11.4. The minimum absolute atomic E-state index is 0.0726. The lowest BCUT2D eigenvalue weighted by molar-refractivity contribution is -0.142. The molecule has 1 aliphatic carbocycles. The third kappa shape index (κ3) is 4.13. The van der Waals surface area contributed by atoms with Gasteiger partial charge in [-0.25, -0.2) is 0 Å². The second kappa shape index (κ2) is 9.70. The molecule has 2 aromatic carbocycles. The van der Waals surface area contributed by atoms with E-state index in [-0.39, 0.29) is 30.3 Å². The topological polar surface area (TPSA) is 87.7 Å². The molecule has 7 nitrogen and oxygen atoms in total. The summed E-state index contributed by atoms with van der Waals surface area (Å²) in [4.78, 5) is 43.4. The third-order valence-electron chi connectivity index (χ3n) is 8.85. The number of carbonyl (C=O) groups excluding carboxylic acids is 3. The lowest BCUT2D eigenvalue weighted by atomic mass is 9.74. The van der Waals surface area contributed by atoms with Gasteiger partial charge in [-0.1, -0.05) is 74.4 Å². The molecule has 0 unspecified atom stereocenters. The summed E-state index contributed by atoms with van der Waals surface area (Å²) in [5.74, 6) is -1.75. The van der Waals surface area contributed by atoms with Gasteiger partial charge < -0.3 is 20.3 Å². The first-order chi connectivity index (χ1) is 18.4. The minimum atomic E-state index is -1.16. The second-order valence-corrected chi connectivity index (χ2v) is 11.4. The summed E-state index contributed by atoms with van der Waals surface area (Å²) in [7, 11) is 0. The van der Waals surface area contributed by atoms with Crippen LogP contribution in [0.25, 0.3) is 0 Å². The highest BCUT2D eigenvalue weighted by atomic mass is 16.5. The number of nitrogens with one attached hydrogen (secondary N) is 2. The van der Waals surface area contributed by atoms with Crippen LogP contribution in [0.3, 0.4) is 0 Å². The van der Waals surface area contributed by atoms with E-state index in [1.165, 1.54) is 6.42 Å². The Morgan fingerprint density at radius 2 is 1.84 bits per heavy atom. The number of rotatable bonds is 6. The number of aryl methyl sites for hydroxylation is 1. The summed E-state index contributed by atoms with van der Waals surface area (Å²) in [6, 6.07) is 16.5. The summed E-state index contributed by atoms with van der Waals surface area (Å²) in [6.45, 7) is 4.42. The van der Waals surface area contributed by atoms with Gasteiger partial charge in [-0.05, 0) is 48.9 Å². The Bertz CT molecular complexity index is 1280. The molecule has 7 heteroatoms. The molecule has 2 aromatic rings. The van der Waals surface area contributed by atoms with Gasteiger partial charge in [0.05, 0.1) is 17.9 Å². The quantitative estimate of drug-likeness (QED) is 0.572. The normalized spacial score (nSPS) is 33.3. The Morgan fingerprint density at radius 1 is 1.05 bits per heavy atom. The van der Waals surface area contributed by atoms with Gasteiger partial charge in [-0.3, -0.25) is 14.4 Å². The first-order valence-electron chi connectivity index (χ1n) is 13.8. The van der Waals surface area contributed by atoms with Crippen LogP contribution >= 0.6 is 0 Å². The van der Waals surface area contributed by atoms with Crippen molar-refractivity contribution < 1.29 is 19.1 Å². The zero-order valence-electron chi connectivity index (χ0n) is 21.9. The van der Waals surface area contributed by atoms with E-state index in [9.17, 15) is 14.4 Å². The van der Waals surface area contributed by atoms with E-state index in [0.29, 0.717) is 11.6 Å². The fourth-order valence-corrected chi connectivity index (χ4v) is 6.96. The monoisotopic (exact) mass is 513 g/mol. The number of fused-ring (bicyclic) bond motifs is 1. The first-order valence-corrected chi connectivity index (χ1v) is 13.8. The van der Waals surface area contributed by atoms with E-state index in [4.69, 9.17) is 4.74 Å². The highest BCUT2D eigenvalue weighted by Gasteiger charge is 2.72. The van der Waals surface area contributed by atoms with Crippen LogP contribution < -0.4 is 10.6 Å². The highest BCUT2D eigenvalue weighted by Crippen LogP contribution is 2.55. The number of hydrogen-bond acceptors (Lipinski definition) is 4. The van der Waals surface area contributed by atoms with Crippen LogP contribution in [-0.4, -0.2) is 46.4 Å². The summed E-state index contributed by atoms with van der Waals surface area (Å²) in [6.07, 6.45) is 7.46. The molecule has 7 atom stereocenters. The molecule has 0 radical (unpaired) electrons. The average molecular weight is 514 g/mol. The number of amides is 3. The largest absolute Gasteiger partial charge is 0.359 e. The van der Waals surface area contributed by atoms with Crippen molar-refractivity contribution in [3.05, 3.63) is 77.9 Å². The average Bonchev–Trinajstić information content (AvgIpc) is 3.54. The lowest BCUT2D eigenvalue weighted by Gasteiger charge is -2.36. The maximum atomic E-state index is 14.1. The van der Waals surface area contributed by atoms with Crippen molar-refractivity contribution in [3.63, 3.8) is 0 Å². The highest BCUT2D eigenvalue weighted by molar-refractivity contribution is 6.02. The molecule has 3 amide bonds. The Kier molecular flexibility index (Phi) is 6.34. The molecule has 1 saturated carbocycles. The number of anilines is 1. The number of likely N-dealkylation sites (tertiary alicyclic amines) is 1. The van der Waals surface area contributed by atoms with E-state index in [1.807, 2.05) is 73.7 Å². The van der Waals surface area contributed by atoms with Crippen molar-refractivity contribution in [1.82, 2.24) is 10.2 Å². The van der Waals surface area contributed by atoms with Crippen LogP contribution in [0.4, 0.5) is 5.69 Å². The molecule has 1 spiro atoms. The molecule has 198 valence electrons. The molecule has 2 N–H and O–H groups in total. The maximum absolute atomic E-state index is 14.1. The van der Waals surface area contributed by atoms with Gasteiger partial charge in [0.1, 0.15) is 11.6 Å². The Morgan fingerprint density at radius 3 is 2.61 bits per heavy atom. The summed E-state index contributed by atoms with van der Waals surface area (Å²) in [5, 5.41) is 6.28. The van der Waals surface area contributed by atoms with Crippen molar-refractivity contribution in [2.24, 2.45) is 17.8 Å². The molecule has 4 aliphatic rings. The first kappa shape index (κ1) is 24.9. The van der Waals surface area contributed by atoms with Crippen LogP contribution in [0.1, 0.15) is 43.7 Å². The number of carbonyl (C=O) groups is 3. The zero-order chi connectivity index (χ0) is 26.4. The number of benzene rings is 2. The van der Waals surface area contributed by atoms with Crippen LogP contribution in [0.15, 0.2) is 66.7 Å². The van der Waals surface area contributed by atoms with Crippen molar-refractivity contribution in [1.29, 1.82) is 0 Å². The molecular formula is C31H35N3O4. The Balaban J connectivity index is 1.33. The van der Waals surface area contributed by atoms with Gasteiger partial charge >= 0.3 is 0 Å². The van der Waals surface area contributed by atoms with Crippen LogP contribution in [-0.2, 0) is 25.7 Å². The lowest BCUT2D eigenvalue weighted by Crippen LogP contribution is -2.57. The van der Waals surface area contributed by atoms with Crippen LogP contribution in [0, 0.1) is 24.7 Å². The van der Waals surface area contributed by atoms with Crippen LogP contribution in [0.5, 0.6) is 0 Å². The van der Waals surface area contributed by atoms with Gasteiger partial charge in [0.25, 0.3) is 0 Å². The molecule has 2 bridgehead atoms. The summed E-state index contributed by atoms with van der Waals surface area (Å²) in [5.41, 5.74) is 1.49. The molecule has 6 rings (SSSR count). The van der Waals surface area contributed by atoms with Crippen molar-refractivity contribution >= 4 is 23.4 Å². The zero-order valence-corrected chi connectivity index (χ0v) is 21.9. The predicted octanol–water partition coefficient (Wildman–Crippen LogP) is 3.98. The van der Waals surface area contributed by atoms with Gasteiger partial charge in [0.15, 0.2) is 0 Å². The molecule has 3 heterocycles. The summed E-state index contributed by atoms with van der Waals surface area (Å²) < 4.78 is 6.47. The molecule has 2 saturated heterocycles. The molecule has 3 aliphatic heterocycles. The molecular weight excluding hydrogens is 478 g/mol. The maximum Gasteiger partial charge on any atom is 0.246 e. The van der Waals surface area contributed by atoms with Crippen molar-refractivity contribution in [3.8, 4) is 0 Å². The fraction of sp³-hybridized carbons (Fsp3) is 0.452. The molecule has 38 heavy (non-hydrogen) atoms. The smallest absolute Gasteiger partial charge is 0.246 e. The standard InChI is InChI=1S/C31H35N3O4/c1-19-9-8-13-22(17-19)32-28(35)25-24-15-16-31(38-24)26(25)30(37)34(18-21-11-4-3-5-12-21)27(31)29(36)33-23-14-7-6-10-20(23)2/h3-5,8-9,11-13,15-17,20,23-27H,6-7,10,14,18H2,1-2H3,(H,32,35)(H,33,36)/t20-,23+,24-,25+,26-,27-,31-/m1/s1. The van der Waals surface area contributed by atoms with E-state index >= 15 is 0 Å². The van der Waals surface area contributed by atoms with Crippen LogP contribution in [0.2, 0.25) is 0 Å². The third-order valence-corrected chi connectivity index (χ3v) is 8.85. The SMILES string of the molecule is Cc1cccc(NC(=O)[C@H]2[C@H]3C=C[C@@]4(O3)[C@H]2C(=O)N(Cc2ccccc2)[C@@H]4C(=O)N[C@H]2CCCC[C@H]2C)c1. The van der Waals surface area contributed by atoms with E-state index in [0.717, 1.165) is 30.4 Å². The van der Waals surface area contributed by atoms with Gasteiger partial charge in [0.2, 0.25) is 17.7 Å². The van der Waals surface area contributed by atoms with Gasteiger partial charge in [-0.15, -0.1) is 0 Å². The minimum Gasteiger partial charge on any atom is -0.359 e. The Labute approximate surface area is 223 Å². The molecule has 0 aromatic heterocycles. The van der Waals surface area contributed by atoms with Crippen molar-refractivity contribution in [2.45, 2.75) is 69.9 Å². The molecule has 3 fully saturated rings. The van der Waals surface area contributed by atoms with E-state index in [2.05, 4.69) is 17.6 Å². The summed E-state index contributed by atoms with van der Waals surface area (Å²) >= 11 is 0. The Hall–Kier alpha value is -3.45. The van der Waals surface area contributed by atoms with E-state index < -0.39 is 29.6 Å². The predicted molar refractivity (Wildman–Crippen MR) is 144 cm³/mol. The van der Waals surface area contributed by atoms with Gasteiger partial charge in [-0.2, -0.15) is 0 Å². The number of nitrogens with zero attached hydrogens (tertiary/aromatic N) is 1. The number of hydrogen-bond donors (Lipinski definition) is 2. The number of ether oxygens (including phenoxy) is 1. The van der Waals surface area contributed by atoms with Gasteiger partial charge in [0, 0.05) is 18.3 Å².